The van der Waals surface area contributed by atoms with Crippen molar-refractivity contribution in [3.63, 3.8) is 0 Å². The van der Waals surface area contributed by atoms with Crippen molar-refractivity contribution in [2.45, 2.75) is 0 Å². The zero-order chi connectivity index (χ0) is 13.8. The second-order valence-corrected chi connectivity index (χ2v) is 3.77. The quantitative estimate of drug-likeness (QED) is 0.859. The number of nitrogens with two attached hydrogens (primary N) is 1. The summed E-state index contributed by atoms with van der Waals surface area (Å²) in [6, 6.07) is 10.6. The van der Waals surface area contributed by atoms with Crippen molar-refractivity contribution in [2.75, 3.05) is 12.8 Å². The molecule has 0 amide bonds. The molecule has 0 unspecified atom stereocenters. The van der Waals surface area contributed by atoms with Crippen molar-refractivity contribution in [2.24, 2.45) is 0 Å². The van der Waals surface area contributed by atoms with Gasteiger partial charge < -0.3 is 15.2 Å². The maximum Gasteiger partial charge on any atom is 0.169 e. The maximum absolute atomic E-state index is 13.7. The van der Waals surface area contributed by atoms with Crippen molar-refractivity contribution in [3.05, 3.63) is 47.8 Å². The fourth-order valence-electron chi connectivity index (χ4n) is 1.54. The van der Waals surface area contributed by atoms with E-state index in [1.54, 1.807) is 18.2 Å². The third-order valence-electron chi connectivity index (χ3n) is 2.47. The number of anilines is 1. The third kappa shape index (κ3) is 2.75. The van der Waals surface area contributed by atoms with Crippen LogP contribution >= 0.6 is 0 Å². The van der Waals surface area contributed by atoms with Gasteiger partial charge in [-0.2, -0.15) is 5.26 Å². The Balaban J connectivity index is 2.34. The van der Waals surface area contributed by atoms with E-state index in [9.17, 15) is 4.39 Å². The molecule has 0 heterocycles. The first-order valence-electron chi connectivity index (χ1n) is 5.45. The van der Waals surface area contributed by atoms with Crippen LogP contribution in [-0.2, 0) is 0 Å². The summed E-state index contributed by atoms with van der Waals surface area (Å²) >= 11 is 0. The Hall–Kier alpha value is -2.74. The molecule has 0 atom stereocenters. The summed E-state index contributed by atoms with van der Waals surface area (Å²) in [7, 11) is 1.47. The second-order valence-electron chi connectivity index (χ2n) is 3.77. The highest BCUT2D eigenvalue weighted by atomic mass is 19.1. The maximum atomic E-state index is 13.7. The number of nitrogens with zero attached hydrogens (tertiary/aromatic N) is 1. The number of methoxy groups -OCH3 is 1. The summed E-state index contributed by atoms with van der Waals surface area (Å²) in [6.07, 6.45) is 0. The summed E-state index contributed by atoms with van der Waals surface area (Å²) in [6.45, 7) is 0. The van der Waals surface area contributed by atoms with Gasteiger partial charge in [-0.05, 0) is 30.3 Å². The average molecular weight is 258 g/mol. The van der Waals surface area contributed by atoms with Crippen LogP contribution in [0.2, 0.25) is 0 Å². The van der Waals surface area contributed by atoms with Gasteiger partial charge in [0.05, 0.1) is 18.7 Å². The summed E-state index contributed by atoms with van der Waals surface area (Å²) in [5.41, 5.74) is 6.37. The number of hydrogen-bond donors (Lipinski definition) is 1. The Labute approximate surface area is 109 Å². The van der Waals surface area contributed by atoms with Crippen molar-refractivity contribution < 1.29 is 13.9 Å². The molecule has 2 N–H and O–H groups in total. The standard InChI is InChI=1S/C14H11FN2O2/c1-18-14-7-10(17)3-5-13(14)19-12-4-2-9(8-16)6-11(12)15/h2-7H,17H2,1H3. The molecule has 0 bridgehead atoms. The minimum atomic E-state index is -0.613. The van der Waals surface area contributed by atoms with Crippen LogP contribution in [0, 0.1) is 17.1 Å². The molecular formula is C14H11FN2O2. The first kappa shape index (κ1) is 12.7. The molecule has 0 aromatic heterocycles. The monoisotopic (exact) mass is 258 g/mol. The highest BCUT2D eigenvalue weighted by molar-refractivity contribution is 5.53. The molecule has 4 nitrogen and oxygen atoms in total. The van der Waals surface area contributed by atoms with Gasteiger partial charge in [-0.25, -0.2) is 4.39 Å². The van der Waals surface area contributed by atoms with E-state index in [-0.39, 0.29) is 11.3 Å². The minimum absolute atomic E-state index is 0.0158. The molecule has 2 rings (SSSR count). The van der Waals surface area contributed by atoms with Gasteiger partial charge in [0.1, 0.15) is 0 Å². The zero-order valence-electron chi connectivity index (χ0n) is 10.2. The Morgan fingerprint density at radius 2 is 1.84 bits per heavy atom. The number of rotatable bonds is 3. The van der Waals surface area contributed by atoms with Crippen LogP contribution in [0.15, 0.2) is 36.4 Å². The molecular weight excluding hydrogens is 247 g/mol. The topological polar surface area (TPSA) is 68.3 Å². The van der Waals surface area contributed by atoms with Crippen LogP contribution in [0.5, 0.6) is 17.2 Å². The van der Waals surface area contributed by atoms with E-state index in [1.165, 1.54) is 19.2 Å². The molecule has 2 aromatic carbocycles. The molecule has 5 heteroatoms. The predicted molar refractivity (Wildman–Crippen MR) is 68.6 cm³/mol. The van der Waals surface area contributed by atoms with Crippen molar-refractivity contribution >= 4 is 5.69 Å². The lowest BCUT2D eigenvalue weighted by Gasteiger charge is -2.11. The molecule has 0 radical (unpaired) electrons. The Morgan fingerprint density at radius 3 is 2.47 bits per heavy atom. The van der Waals surface area contributed by atoms with Crippen LogP contribution < -0.4 is 15.2 Å². The molecule has 0 aliphatic carbocycles. The summed E-state index contributed by atoms with van der Waals surface area (Å²) in [5, 5.41) is 8.66. The number of nitrogen functional groups attached to an aromatic ring is 1. The molecule has 19 heavy (non-hydrogen) atoms. The molecule has 96 valence electrons. The first-order chi connectivity index (χ1) is 9.13. The van der Waals surface area contributed by atoms with Gasteiger partial charge in [0.15, 0.2) is 23.1 Å². The number of hydrogen-bond acceptors (Lipinski definition) is 4. The number of halogens is 1. The third-order valence-corrected chi connectivity index (χ3v) is 2.47. The van der Waals surface area contributed by atoms with Crippen molar-refractivity contribution in [3.8, 4) is 23.3 Å². The van der Waals surface area contributed by atoms with Gasteiger partial charge >= 0.3 is 0 Å². The van der Waals surface area contributed by atoms with Crippen LogP contribution in [0.25, 0.3) is 0 Å². The molecule has 0 saturated heterocycles. The van der Waals surface area contributed by atoms with Crippen molar-refractivity contribution in [1.29, 1.82) is 5.26 Å². The summed E-state index contributed by atoms with van der Waals surface area (Å²) in [5.74, 6) is 0.157. The normalized spacial score (nSPS) is 9.74. The smallest absolute Gasteiger partial charge is 0.169 e. The highest BCUT2D eigenvalue weighted by Gasteiger charge is 2.10. The SMILES string of the molecule is COc1cc(N)ccc1Oc1ccc(C#N)cc1F. The van der Waals surface area contributed by atoms with Crippen molar-refractivity contribution in [1.82, 2.24) is 0 Å². The molecule has 2 aromatic rings. The van der Waals surface area contributed by atoms with Gasteiger partial charge in [-0.3, -0.25) is 0 Å². The lowest BCUT2D eigenvalue weighted by Crippen LogP contribution is -1.94. The van der Waals surface area contributed by atoms with Gasteiger partial charge in [-0.1, -0.05) is 0 Å². The van der Waals surface area contributed by atoms with Gasteiger partial charge in [0, 0.05) is 11.8 Å². The summed E-state index contributed by atoms with van der Waals surface area (Å²) in [4.78, 5) is 0. The van der Waals surface area contributed by atoms with Crippen LogP contribution in [0.4, 0.5) is 10.1 Å². The summed E-state index contributed by atoms with van der Waals surface area (Å²) < 4.78 is 24.2. The first-order valence-corrected chi connectivity index (χ1v) is 5.45. The predicted octanol–water partition coefficient (Wildman–Crippen LogP) is 3.08. The Kier molecular flexibility index (Phi) is 3.53. The minimum Gasteiger partial charge on any atom is -0.493 e. The lowest BCUT2D eigenvalue weighted by molar-refractivity contribution is 0.371. The highest BCUT2D eigenvalue weighted by Crippen LogP contribution is 2.34. The average Bonchev–Trinajstić information content (AvgIpc) is 2.42. The van der Waals surface area contributed by atoms with Crippen LogP contribution in [0.1, 0.15) is 5.56 Å². The fraction of sp³-hybridized carbons (Fsp3) is 0.0714. The van der Waals surface area contributed by atoms with E-state index in [0.29, 0.717) is 17.2 Å². The largest absolute Gasteiger partial charge is 0.493 e. The lowest BCUT2D eigenvalue weighted by atomic mass is 10.2. The van der Waals surface area contributed by atoms with Gasteiger partial charge in [0.25, 0.3) is 0 Å². The van der Waals surface area contributed by atoms with E-state index in [0.717, 1.165) is 6.07 Å². The molecule has 0 spiro atoms. The van der Waals surface area contributed by atoms with E-state index >= 15 is 0 Å². The zero-order valence-corrected chi connectivity index (χ0v) is 10.2. The molecule has 0 fully saturated rings. The Morgan fingerprint density at radius 1 is 1.11 bits per heavy atom. The molecule has 0 aliphatic heterocycles. The number of benzene rings is 2. The van der Waals surface area contributed by atoms with Crippen LogP contribution in [-0.4, -0.2) is 7.11 Å². The second kappa shape index (κ2) is 5.27. The van der Waals surface area contributed by atoms with Gasteiger partial charge in [0.2, 0.25) is 0 Å². The molecule has 0 saturated carbocycles. The van der Waals surface area contributed by atoms with E-state index < -0.39 is 5.82 Å². The van der Waals surface area contributed by atoms with Crippen LogP contribution in [0.3, 0.4) is 0 Å². The van der Waals surface area contributed by atoms with Gasteiger partial charge in [-0.15, -0.1) is 0 Å². The van der Waals surface area contributed by atoms with E-state index in [4.69, 9.17) is 20.5 Å². The number of nitriles is 1. The van der Waals surface area contributed by atoms with E-state index in [1.807, 2.05) is 6.07 Å². The Bertz CT molecular complexity index is 650. The number of ether oxygens (including phenoxy) is 2. The van der Waals surface area contributed by atoms with E-state index in [2.05, 4.69) is 0 Å². The molecule has 0 aliphatic rings. The fourth-order valence-corrected chi connectivity index (χ4v) is 1.54.